The van der Waals surface area contributed by atoms with Gasteiger partial charge in [0, 0.05) is 0 Å². The van der Waals surface area contributed by atoms with Gasteiger partial charge in [0.2, 0.25) is 0 Å². The first-order chi connectivity index (χ1) is 6.88. The van der Waals surface area contributed by atoms with Crippen molar-refractivity contribution in [3.05, 3.63) is 47.3 Å². The van der Waals surface area contributed by atoms with E-state index in [-0.39, 0.29) is 6.61 Å². The summed E-state index contributed by atoms with van der Waals surface area (Å²) >= 11 is 1.56. The zero-order valence-corrected chi connectivity index (χ0v) is 8.33. The molecule has 0 aliphatic carbocycles. The molecule has 0 unspecified atom stereocenters. The lowest BCUT2D eigenvalue weighted by atomic mass is 10.2. The first-order valence-corrected chi connectivity index (χ1v) is 5.17. The van der Waals surface area contributed by atoms with Crippen LogP contribution in [-0.2, 0) is 6.61 Å². The van der Waals surface area contributed by atoms with Crippen LogP contribution in [0.1, 0.15) is 5.56 Å². The van der Waals surface area contributed by atoms with E-state index >= 15 is 0 Å². The highest BCUT2D eigenvalue weighted by Crippen LogP contribution is 2.25. The maximum absolute atomic E-state index is 8.85. The lowest BCUT2D eigenvalue weighted by Crippen LogP contribution is -1.84. The van der Waals surface area contributed by atoms with Crippen molar-refractivity contribution in [3.63, 3.8) is 0 Å². The highest BCUT2D eigenvalue weighted by atomic mass is 32.1. The maximum atomic E-state index is 8.85. The first kappa shape index (κ1) is 9.24. The molecule has 2 rings (SSSR count). The number of hydrogen-bond donors (Lipinski definition) is 1. The Labute approximate surface area is 86.4 Å². The highest BCUT2D eigenvalue weighted by Gasteiger charge is 1.97. The van der Waals surface area contributed by atoms with Crippen molar-refractivity contribution < 1.29 is 9.84 Å². The van der Waals surface area contributed by atoms with E-state index in [2.05, 4.69) is 0 Å². The van der Waals surface area contributed by atoms with Gasteiger partial charge in [-0.2, -0.15) is 0 Å². The summed E-state index contributed by atoms with van der Waals surface area (Å²) in [5.74, 6) is 0.796. The highest BCUT2D eigenvalue weighted by molar-refractivity contribution is 7.11. The summed E-state index contributed by atoms with van der Waals surface area (Å²) in [5.41, 5.74) is 0.892. The second kappa shape index (κ2) is 4.26. The monoisotopic (exact) mass is 206 g/mol. The number of thiophene rings is 1. The third-order valence-electron chi connectivity index (χ3n) is 1.82. The van der Waals surface area contributed by atoms with Gasteiger partial charge in [-0.05, 0) is 35.2 Å². The van der Waals surface area contributed by atoms with Gasteiger partial charge in [-0.15, -0.1) is 11.3 Å². The summed E-state index contributed by atoms with van der Waals surface area (Å²) in [5, 5.41) is 11.7. The second-order valence-electron chi connectivity index (χ2n) is 2.84. The van der Waals surface area contributed by atoms with E-state index in [0.717, 1.165) is 16.4 Å². The van der Waals surface area contributed by atoms with Gasteiger partial charge in [0.1, 0.15) is 5.75 Å². The Morgan fingerprint density at radius 2 is 1.93 bits per heavy atom. The fourth-order valence-corrected chi connectivity index (χ4v) is 1.69. The normalized spacial score (nSPS) is 10.1. The summed E-state index contributed by atoms with van der Waals surface area (Å²) in [6, 6.07) is 11.3. The van der Waals surface area contributed by atoms with Crippen LogP contribution in [0.5, 0.6) is 10.8 Å². The minimum absolute atomic E-state index is 0.0687. The van der Waals surface area contributed by atoms with Crippen LogP contribution in [0.3, 0.4) is 0 Å². The number of ether oxygens (including phenoxy) is 1. The third kappa shape index (κ3) is 2.13. The Kier molecular flexibility index (Phi) is 2.81. The molecule has 1 aromatic heterocycles. The molecule has 0 radical (unpaired) electrons. The van der Waals surface area contributed by atoms with E-state index in [1.54, 1.807) is 11.3 Å². The zero-order chi connectivity index (χ0) is 9.80. The smallest absolute Gasteiger partial charge is 0.180 e. The standard InChI is InChI=1S/C11H10O2S/c12-8-9-3-5-10(6-4-9)13-11-2-1-7-14-11/h1-7,12H,8H2. The van der Waals surface area contributed by atoms with Crippen molar-refractivity contribution in [2.45, 2.75) is 6.61 Å². The molecule has 0 atom stereocenters. The van der Waals surface area contributed by atoms with Crippen LogP contribution in [0.4, 0.5) is 0 Å². The molecule has 2 nitrogen and oxygen atoms in total. The molecule has 14 heavy (non-hydrogen) atoms. The molecule has 1 N–H and O–H groups in total. The topological polar surface area (TPSA) is 29.5 Å². The van der Waals surface area contributed by atoms with E-state index in [4.69, 9.17) is 9.84 Å². The molecule has 0 amide bonds. The maximum Gasteiger partial charge on any atom is 0.180 e. The molecular formula is C11H10O2S. The van der Waals surface area contributed by atoms with Crippen molar-refractivity contribution in [2.24, 2.45) is 0 Å². The van der Waals surface area contributed by atoms with Crippen LogP contribution in [0, 0.1) is 0 Å². The van der Waals surface area contributed by atoms with Crippen LogP contribution < -0.4 is 4.74 Å². The molecule has 0 spiro atoms. The van der Waals surface area contributed by atoms with Crippen LogP contribution >= 0.6 is 11.3 Å². The van der Waals surface area contributed by atoms with Crippen LogP contribution in [0.25, 0.3) is 0 Å². The average molecular weight is 206 g/mol. The molecule has 0 aliphatic heterocycles. The quantitative estimate of drug-likeness (QED) is 0.836. The fraction of sp³-hybridized carbons (Fsp3) is 0.0909. The van der Waals surface area contributed by atoms with Crippen molar-refractivity contribution in [1.82, 2.24) is 0 Å². The van der Waals surface area contributed by atoms with Crippen molar-refractivity contribution >= 4 is 11.3 Å². The van der Waals surface area contributed by atoms with Gasteiger partial charge in [0.05, 0.1) is 6.61 Å². The summed E-state index contributed by atoms with van der Waals surface area (Å²) in [6.07, 6.45) is 0. The molecule has 3 heteroatoms. The minimum atomic E-state index is 0.0687. The summed E-state index contributed by atoms with van der Waals surface area (Å²) < 4.78 is 5.55. The molecule has 0 aliphatic rings. The Balaban J connectivity index is 2.10. The summed E-state index contributed by atoms with van der Waals surface area (Å²) in [6.45, 7) is 0.0687. The van der Waals surface area contributed by atoms with E-state index < -0.39 is 0 Å². The molecule has 0 fully saturated rings. The lowest BCUT2D eigenvalue weighted by Gasteiger charge is -2.02. The van der Waals surface area contributed by atoms with Gasteiger partial charge < -0.3 is 9.84 Å². The molecule has 0 saturated carbocycles. The van der Waals surface area contributed by atoms with Crippen LogP contribution in [-0.4, -0.2) is 5.11 Å². The minimum Gasteiger partial charge on any atom is -0.447 e. The number of benzene rings is 1. The predicted octanol–water partition coefficient (Wildman–Crippen LogP) is 3.03. The molecule has 0 bridgehead atoms. The van der Waals surface area contributed by atoms with Crippen molar-refractivity contribution in [1.29, 1.82) is 0 Å². The first-order valence-electron chi connectivity index (χ1n) is 4.29. The number of aliphatic hydroxyl groups is 1. The van der Waals surface area contributed by atoms with Gasteiger partial charge >= 0.3 is 0 Å². The lowest BCUT2D eigenvalue weighted by molar-refractivity contribution is 0.281. The summed E-state index contributed by atoms with van der Waals surface area (Å²) in [4.78, 5) is 0. The molecular weight excluding hydrogens is 196 g/mol. The van der Waals surface area contributed by atoms with Crippen LogP contribution in [0.2, 0.25) is 0 Å². The van der Waals surface area contributed by atoms with E-state index in [9.17, 15) is 0 Å². The number of hydrogen-bond acceptors (Lipinski definition) is 3. The molecule has 72 valence electrons. The van der Waals surface area contributed by atoms with Gasteiger partial charge in [-0.3, -0.25) is 0 Å². The Hall–Kier alpha value is -1.32. The van der Waals surface area contributed by atoms with Gasteiger partial charge in [0.15, 0.2) is 5.06 Å². The second-order valence-corrected chi connectivity index (χ2v) is 3.75. The third-order valence-corrected chi connectivity index (χ3v) is 2.56. The largest absolute Gasteiger partial charge is 0.447 e. The summed E-state index contributed by atoms with van der Waals surface area (Å²) in [7, 11) is 0. The van der Waals surface area contributed by atoms with Gasteiger partial charge in [-0.25, -0.2) is 0 Å². The van der Waals surface area contributed by atoms with Crippen molar-refractivity contribution in [2.75, 3.05) is 0 Å². The SMILES string of the molecule is OCc1ccc(Oc2cccs2)cc1. The Bertz CT molecular complexity index is 378. The van der Waals surface area contributed by atoms with Gasteiger partial charge in [0.25, 0.3) is 0 Å². The predicted molar refractivity (Wildman–Crippen MR) is 56.8 cm³/mol. The fourth-order valence-electron chi connectivity index (χ4n) is 1.10. The molecule has 0 saturated heterocycles. The van der Waals surface area contributed by atoms with E-state index in [1.165, 1.54) is 0 Å². The molecule has 1 heterocycles. The number of rotatable bonds is 3. The van der Waals surface area contributed by atoms with E-state index in [1.807, 2.05) is 41.8 Å². The average Bonchev–Trinajstić information content (AvgIpc) is 2.72. The molecule has 2 aromatic rings. The van der Waals surface area contributed by atoms with Crippen molar-refractivity contribution in [3.8, 4) is 10.8 Å². The van der Waals surface area contributed by atoms with E-state index in [0.29, 0.717) is 0 Å². The van der Waals surface area contributed by atoms with Gasteiger partial charge in [-0.1, -0.05) is 12.1 Å². The Morgan fingerprint density at radius 1 is 1.14 bits per heavy atom. The van der Waals surface area contributed by atoms with Crippen LogP contribution in [0.15, 0.2) is 41.8 Å². The Morgan fingerprint density at radius 3 is 2.50 bits per heavy atom. The molecule has 1 aromatic carbocycles. The number of aliphatic hydroxyl groups excluding tert-OH is 1. The zero-order valence-electron chi connectivity index (χ0n) is 7.51.